The number of aliphatic hydroxyl groups is 1. The predicted octanol–water partition coefficient (Wildman–Crippen LogP) is 4.48. The summed E-state index contributed by atoms with van der Waals surface area (Å²) in [5.74, 6) is 0.962. The maximum Gasteiger partial charge on any atom is 0.340 e. The van der Waals surface area contributed by atoms with Crippen LogP contribution in [0.25, 0.3) is 0 Å². The van der Waals surface area contributed by atoms with Gasteiger partial charge in [0.05, 0.1) is 47.8 Å². The first kappa shape index (κ1) is 37.0. The van der Waals surface area contributed by atoms with Gasteiger partial charge >= 0.3 is 11.9 Å². The van der Waals surface area contributed by atoms with Crippen molar-refractivity contribution in [1.29, 1.82) is 0 Å². The molecule has 0 amide bonds. The van der Waals surface area contributed by atoms with E-state index in [0.717, 1.165) is 28.2 Å². The molecule has 0 radical (unpaired) electrons. The van der Waals surface area contributed by atoms with Crippen molar-refractivity contribution >= 4 is 17.8 Å². The molecule has 0 saturated heterocycles. The van der Waals surface area contributed by atoms with Crippen LogP contribution in [-0.4, -0.2) is 81.3 Å². The number of carbonyl (C=O) groups is 2. The van der Waals surface area contributed by atoms with E-state index < -0.39 is 35.2 Å². The monoisotopic (exact) mass is 650 g/mol. The Morgan fingerprint density at radius 2 is 1.51 bits per heavy atom. The van der Waals surface area contributed by atoms with E-state index in [2.05, 4.69) is 10.3 Å². The van der Waals surface area contributed by atoms with Crippen LogP contribution >= 0.6 is 0 Å². The van der Waals surface area contributed by atoms with E-state index in [0.29, 0.717) is 25.5 Å². The molecule has 1 aliphatic heterocycles. The van der Waals surface area contributed by atoms with Crippen LogP contribution in [0, 0.1) is 0 Å². The highest BCUT2D eigenvalue weighted by Gasteiger charge is 2.52. The summed E-state index contributed by atoms with van der Waals surface area (Å²) in [5.41, 5.74) is 0.445. The molecule has 0 spiro atoms. The molecular weight excluding hydrogens is 604 g/mol. The van der Waals surface area contributed by atoms with Crippen molar-refractivity contribution < 1.29 is 43.1 Å². The highest BCUT2D eigenvalue weighted by molar-refractivity contribution is 5.99. The summed E-state index contributed by atoms with van der Waals surface area (Å²) in [5, 5.41) is 13.1. The minimum absolute atomic E-state index is 0.0649. The number of methoxy groups -OCH3 is 4. The lowest BCUT2D eigenvalue weighted by Gasteiger charge is -2.33. The lowest BCUT2D eigenvalue weighted by atomic mass is 9.89. The van der Waals surface area contributed by atoms with E-state index >= 15 is 0 Å². The van der Waals surface area contributed by atoms with Gasteiger partial charge in [-0.05, 0) is 67.8 Å². The number of nitrogens with one attached hydrogen (secondary N) is 1. The van der Waals surface area contributed by atoms with Crippen molar-refractivity contribution in [1.82, 2.24) is 5.32 Å². The van der Waals surface area contributed by atoms with Gasteiger partial charge in [-0.25, -0.2) is 14.6 Å². The molecule has 4 rings (SSSR count). The Bertz CT molecular complexity index is 1450. The average molecular weight is 651 g/mol. The third-order valence-corrected chi connectivity index (χ3v) is 8.16. The summed E-state index contributed by atoms with van der Waals surface area (Å²) < 4.78 is 31.8. The quantitative estimate of drug-likeness (QED) is 0.241. The summed E-state index contributed by atoms with van der Waals surface area (Å²) >= 11 is 0. The molecule has 3 aromatic carbocycles. The normalized spacial score (nSPS) is 18.7. The molecule has 3 aromatic rings. The van der Waals surface area contributed by atoms with Crippen LogP contribution in [0.15, 0.2) is 83.9 Å². The van der Waals surface area contributed by atoms with E-state index in [9.17, 15) is 14.7 Å². The second-order valence-corrected chi connectivity index (χ2v) is 11.0. The Balaban J connectivity index is 0.000000268. The predicted molar refractivity (Wildman–Crippen MR) is 177 cm³/mol. The van der Waals surface area contributed by atoms with Gasteiger partial charge < -0.3 is 33.5 Å². The lowest BCUT2D eigenvalue weighted by molar-refractivity contribution is -0.154. The first-order chi connectivity index (χ1) is 22.6. The van der Waals surface area contributed by atoms with Crippen molar-refractivity contribution in [3.05, 3.63) is 95.6 Å². The van der Waals surface area contributed by atoms with Gasteiger partial charge in [0.15, 0.2) is 0 Å². The number of carbonyl (C=O) groups excluding carboxylic acids is 2. The average Bonchev–Trinajstić information content (AvgIpc) is 3.45. The molecule has 2 N–H and O–H groups in total. The minimum Gasteiger partial charge on any atom is -0.497 e. The molecule has 0 bridgehead atoms. The molecule has 1 heterocycles. The number of ether oxygens (including phenoxy) is 6. The van der Waals surface area contributed by atoms with Gasteiger partial charge in [-0.1, -0.05) is 49.4 Å². The molecule has 11 heteroatoms. The standard InChI is InChI=1S/C21H23NO5.C15H23NO4/c1-15-21(20(23)25-3,14-26-13-16-7-5-4-6-8-16)22-19(27-15)17-9-11-18(24-2)12-10-17;1-5-15(11(2)17,14(18)20-4)16-10-12-6-8-13(19-3)9-7-12/h4-12,15H,13-14H2,1-3H3;6-9,11,16-17H,5,10H2,1-4H3/t15-,21-;11-,15-/m11/s1. The van der Waals surface area contributed by atoms with Crippen LogP contribution in [0.5, 0.6) is 11.5 Å². The molecule has 0 fully saturated rings. The highest BCUT2D eigenvalue weighted by atomic mass is 16.6. The van der Waals surface area contributed by atoms with Crippen LogP contribution < -0.4 is 14.8 Å². The number of benzene rings is 3. The summed E-state index contributed by atoms with van der Waals surface area (Å²) in [6.45, 7) is 6.11. The van der Waals surface area contributed by atoms with E-state index in [4.69, 9.17) is 28.4 Å². The summed E-state index contributed by atoms with van der Waals surface area (Å²) in [6, 6.07) is 24.6. The molecule has 11 nitrogen and oxygen atoms in total. The fourth-order valence-corrected chi connectivity index (χ4v) is 5.07. The van der Waals surface area contributed by atoms with E-state index in [1.165, 1.54) is 14.2 Å². The third kappa shape index (κ3) is 9.09. The van der Waals surface area contributed by atoms with Crippen LogP contribution in [0.2, 0.25) is 0 Å². The molecule has 4 atom stereocenters. The molecule has 47 heavy (non-hydrogen) atoms. The van der Waals surface area contributed by atoms with Gasteiger partial charge in [0, 0.05) is 12.1 Å². The van der Waals surface area contributed by atoms with Gasteiger partial charge in [-0.3, -0.25) is 5.32 Å². The Kier molecular flexibility index (Phi) is 13.8. The number of aliphatic imine (C=N–C) groups is 1. The zero-order chi connectivity index (χ0) is 34.5. The van der Waals surface area contributed by atoms with Crippen LogP contribution in [-0.2, 0) is 41.7 Å². The topological polar surface area (TPSA) is 134 Å². The molecule has 0 saturated carbocycles. The summed E-state index contributed by atoms with van der Waals surface area (Å²) in [6.07, 6.45) is -0.927. The van der Waals surface area contributed by atoms with Crippen molar-refractivity contribution in [2.24, 2.45) is 4.99 Å². The van der Waals surface area contributed by atoms with Crippen LogP contribution in [0.4, 0.5) is 0 Å². The number of aliphatic hydroxyl groups excluding tert-OH is 1. The van der Waals surface area contributed by atoms with Gasteiger partial charge in [0.1, 0.15) is 23.1 Å². The Hall–Kier alpha value is -4.45. The fourth-order valence-electron chi connectivity index (χ4n) is 5.07. The van der Waals surface area contributed by atoms with E-state index in [-0.39, 0.29) is 6.61 Å². The van der Waals surface area contributed by atoms with Crippen molar-refractivity contribution in [2.45, 2.75) is 63.6 Å². The van der Waals surface area contributed by atoms with Gasteiger partial charge in [0.2, 0.25) is 11.4 Å². The largest absolute Gasteiger partial charge is 0.497 e. The molecule has 0 unspecified atom stereocenters. The fraction of sp³-hybridized carbons (Fsp3) is 0.417. The molecule has 1 aliphatic rings. The van der Waals surface area contributed by atoms with E-state index in [1.807, 2.05) is 85.8 Å². The Morgan fingerprint density at radius 3 is 2.02 bits per heavy atom. The van der Waals surface area contributed by atoms with Gasteiger partial charge in [-0.2, -0.15) is 0 Å². The van der Waals surface area contributed by atoms with Gasteiger partial charge in [-0.15, -0.1) is 0 Å². The number of hydrogen-bond acceptors (Lipinski definition) is 11. The van der Waals surface area contributed by atoms with Crippen molar-refractivity contribution in [3.63, 3.8) is 0 Å². The summed E-state index contributed by atoms with van der Waals surface area (Å²) in [7, 11) is 5.88. The van der Waals surface area contributed by atoms with Crippen LogP contribution in [0.3, 0.4) is 0 Å². The van der Waals surface area contributed by atoms with Crippen LogP contribution in [0.1, 0.15) is 43.9 Å². The molecule has 254 valence electrons. The molecule has 0 aromatic heterocycles. The maximum atomic E-state index is 12.6. The minimum atomic E-state index is -1.24. The number of rotatable bonds is 14. The Morgan fingerprint density at radius 1 is 0.915 bits per heavy atom. The first-order valence-corrected chi connectivity index (χ1v) is 15.3. The zero-order valence-electron chi connectivity index (χ0n) is 28.1. The Labute approximate surface area is 276 Å². The first-order valence-electron chi connectivity index (χ1n) is 15.3. The number of hydrogen-bond donors (Lipinski definition) is 2. The molecule has 0 aliphatic carbocycles. The highest BCUT2D eigenvalue weighted by Crippen LogP contribution is 2.31. The second-order valence-electron chi connectivity index (χ2n) is 11.0. The molecular formula is C36H46N2O9. The zero-order valence-corrected chi connectivity index (χ0v) is 28.1. The lowest BCUT2D eigenvalue weighted by Crippen LogP contribution is -2.59. The van der Waals surface area contributed by atoms with Crippen molar-refractivity contribution in [2.75, 3.05) is 35.0 Å². The van der Waals surface area contributed by atoms with E-state index in [1.54, 1.807) is 28.1 Å². The number of esters is 2. The third-order valence-electron chi connectivity index (χ3n) is 8.16. The maximum absolute atomic E-state index is 12.6. The van der Waals surface area contributed by atoms with Crippen molar-refractivity contribution in [3.8, 4) is 11.5 Å². The number of nitrogens with zero attached hydrogens (tertiary/aromatic N) is 1. The smallest absolute Gasteiger partial charge is 0.340 e. The second kappa shape index (κ2) is 17.5. The summed E-state index contributed by atoms with van der Waals surface area (Å²) in [4.78, 5) is 29.1. The van der Waals surface area contributed by atoms with Gasteiger partial charge in [0.25, 0.3) is 0 Å². The SMILES string of the molecule is CC[C@](NCc1ccc(OC)cc1)(C(=O)OC)[C@@H](C)O.COC(=O)[C@]1(COCc2ccccc2)N=C(c2ccc(OC)cc2)O[C@@H]1C.